The van der Waals surface area contributed by atoms with Gasteiger partial charge in [-0.25, -0.2) is 8.42 Å². The number of piperazine rings is 1. The van der Waals surface area contributed by atoms with Crippen molar-refractivity contribution in [3.63, 3.8) is 0 Å². The highest BCUT2D eigenvalue weighted by molar-refractivity contribution is 7.89. The first-order valence-electron chi connectivity index (χ1n) is 10.0. The highest BCUT2D eigenvalue weighted by Crippen LogP contribution is 2.28. The Balaban J connectivity index is 1.64. The zero-order valence-electron chi connectivity index (χ0n) is 17.6. The topological polar surface area (TPSA) is 76.2 Å². The third-order valence-corrected chi connectivity index (χ3v) is 7.11. The van der Waals surface area contributed by atoms with Gasteiger partial charge in [-0.05, 0) is 37.6 Å². The number of para-hydroxylation sites is 2. The molecule has 30 heavy (non-hydrogen) atoms. The zero-order chi connectivity index (χ0) is 21.7. The summed E-state index contributed by atoms with van der Waals surface area (Å²) in [6.45, 7) is 4.97. The van der Waals surface area contributed by atoms with Crippen LogP contribution in [0.2, 0.25) is 0 Å². The first-order chi connectivity index (χ1) is 14.4. The van der Waals surface area contributed by atoms with Gasteiger partial charge in [0.2, 0.25) is 10.0 Å². The van der Waals surface area contributed by atoms with Gasteiger partial charge in [0, 0.05) is 26.2 Å². The molecule has 1 atom stereocenters. The summed E-state index contributed by atoms with van der Waals surface area (Å²) in [6.07, 6.45) is -0.153. The number of amides is 1. The fourth-order valence-corrected chi connectivity index (χ4v) is 4.81. The Bertz CT molecular complexity index is 967. The molecule has 7 nitrogen and oxygen atoms in total. The lowest BCUT2D eigenvalue weighted by Crippen LogP contribution is -2.53. The zero-order valence-corrected chi connectivity index (χ0v) is 18.4. The van der Waals surface area contributed by atoms with Crippen LogP contribution in [0.1, 0.15) is 18.9 Å². The first-order valence-corrected chi connectivity index (χ1v) is 11.5. The molecule has 0 aromatic heterocycles. The lowest BCUT2D eigenvalue weighted by Gasteiger charge is -2.35. The molecule has 1 fully saturated rings. The maximum atomic E-state index is 13.0. The van der Waals surface area contributed by atoms with Gasteiger partial charge in [0.25, 0.3) is 5.91 Å². The Morgan fingerprint density at radius 2 is 1.60 bits per heavy atom. The van der Waals surface area contributed by atoms with Crippen LogP contribution < -0.4 is 9.47 Å². The number of nitrogens with zero attached hydrogens (tertiary/aromatic N) is 2. The molecule has 8 heteroatoms. The summed E-state index contributed by atoms with van der Waals surface area (Å²) in [5, 5.41) is 0. The van der Waals surface area contributed by atoms with Crippen LogP contribution in [0.4, 0.5) is 0 Å². The van der Waals surface area contributed by atoms with Crippen LogP contribution in [0.3, 0.4) is 0 Å². The summed E-state index contributed by atoms with van der Waals surface area (Å²) >= 11 is 0. The lowest BCUT2D eigenvalue weighted by molar-refractivity contribution is -0.140. The van der Waals surface area contributed by atoms with E-state index in [4.69, 9.17) is 9.47 Å². The smallest absolute Gasteiger partial charge is 0.263 e. The Kier molecular flexibility index (Phi) is 6.99. The Hall–Kier alpha value is -2.58. The number of methoxy groups -OCH3 is 1. The molecule has 0 unspecified atom stereocenters. The molecule has 0 radical (unpaired) electrons. The molecular formula is C22H28N2O5S. The van der Waals surface area contributed by atoms with Gasteiger partial charge in [0.15, 0.2) is 17.6 Å². The van der Waals surface area contributed by atoms with Crippen molar-refractivity contribution in [3.8, 4) is 11.5 Å². The normalized spacial score (nSPS) is 16.2. The Labute approximate surface area is 178 Å². The van der Waals surface area contributed by atoms with Crippen molar-refractivity contribution in [3.05, 3.63) is 54.1 Å². The highest BCUT2D eigenvalue weighted by atomic mass is 32.2. The summed E-state index contributed by atoms with van der Waals surface area (Å²) < 4.78 is 38.4. The molecule has 0 saturated carbocycles. The monoisotopic (exact) mass is 432 g/mol. The van der Waals surface area contributed by atoms with Crippen LogP contribution in [-0.2, 0) is 14.8 Å². The average Bonchev–Trinajstić information content (AvgIpc) is 2.77. The van der Waals surface area contributed by atoms with Gasteiger partial charge >= 0.3 is 0 Å². The molecule has 1 aliphatic heterocycles. The van der Waals surface area contributed by atoms with Crippen molar-refractivity contribution in [2.24, 2.45) is 0 Å². The van der Waals surface area contributed by atoms with Crippen molar-refractivity contribution in [1.29, 1.82) is 0 Å². The van der Waals surface area contributed by atoms with Crippen LogP contribution in [0, 0.1) is 6.92 Å². The van der Waals surface area contributed by atoms with Crippen molar-refractivity contribution in [2.45, 2.75) is 31.3 Å². The predicted molar refractivity (Wildman–Crippen MR) is 114 cm³/mol. The van der Waals surface area contributed by atoms with E-state index in [2.05, 4.69) is 0 Å². The van der Waals surface area contributed by atoms with Crippen LogP contribution in [0.15, 0.2) is 53.4 Å². The number of benzene rings is 2. The second-order valence-corrected chi connectivity index (χ2v) is 9.15. The fraction of sp³-hybridized carbons (Fsp3) is 0.409. The Morgan fingerprint density at radius 3 is 2.17 bits per heavy atom. The van der Waals surface area contributed by atoms with Gasteiger partial charge in [-0.3, -0.25) is 4.79 Å². The summed E-state index contributed by atoms with van der Waals surface area (Å²) in [7, 11) is -2.01. The maximum Gasteiger partial charge on any atom is 0.263 e. The molecule has 0 N–H and O–H groups in total. The molecule has 3 rings (SSSR count). The van der Waals surface area contributed by atoms with Gasteiger partial charge in [-0.1, -0.05) is 36.8 Å². The van der Waals surface area contributed by atoms with Gasteiger partial charge < -0.3 is 14.4 Å². The standard InChI is InChI=1S/C22H28N2O5S/c1-4-19(29-21-8-6-5-7-20(21)28-3)22(25)23-13-15-24(16-14-23)30(26,27)18-11-9-17(2)10-12-18/h5-12,19H,4,13-16H2,1-3H3/t19-/m1/s1. The lowest BCUT2D eigenvalue weighted by atomic mass is 10.2. The minimum absolute atomic E-state index is 0.143. The number of sulfonamides is 1. The van der Waals surface area contributed by atoms with E-state index in [-0.39, 0.29) is 23.9 Å². The molecule has 1 amide bonds. The van der Waals surface area contributed by atoms with Crippen molar-refractivity contribution < 1.29 is 22.7 Å². The van der Waals surface area contributed by atoms with E-state index < -0.39 is 16.1 Å². The molecule has 1 aliphatic rings. The second-order valence-electron chi connectivity index (χ2n) is 7.21. The third kappa shape index (κ3) is 4.76. The molecule has 2 aromatic rings. The van der Waals surface area contributed by atoms with Crippen molar-refractivity contribution >= 4 is 15.9 Å². The van der Waals surface area contributed by atoms with E-state index in [1.807, 2.05) is 26.0 Å². The summed E-state index contributed by atoms with van der Waals surface area (Å²) in [5.41, 5.74) is 1.00. The molecule has 1 saturated heterocycles. The number of carbonyl (C=O) groups is 1. The number of carbonyl (C=O) groups excluding carboxylic acids is 1. The number of hydrogen-bond acceptors (Lipinski definition) is 5. The van der Waals surface area contributed by atoms with Gasteiger partial charge in [-0.15, -0.1) is 0 Å². The van der Waals surface area contributed by atoms with Gasteiger partial charge in [-0.2, -0.15) is 4.31 Å². The van der Waals surface area contributed by atoms with E-state index in [1.165, 1.54) is 4.31 Å². The van der Waals surface area contributed by atoms with Crippen LogP contribution >= 0.6 is 0 Å². The van der Waals surface area contributed by atoms with Crippen LogP contribution in [0.25, 0.3) is 0 Å². The largest absolute Gasteiger partial charge is 0.493 e. The van der Waals surface area contributed by atoms with Gasteiger partial charge in [0.1, 0.15) is 0 Å². The SMILES string of the molecule is CC[C@@H](Oc1ccccc1OC)C(=O)N1CCN(S(=O)(=O)c2ccc(C)cc2)CC1. The number of rotatable bonds is 7. The van der Waals surface area contributed by atoms with Gasteiger partial charge in [0.05, 0.1) is 12.0 Å². The molecule has 0 bridgehead atoms. The summed E-state index contributed by atoms with van der Waals surface area (Å²) in [5.74, 6) is 0.939. The number of ether oxygens (including phenoxy) is 2. The van der Waals surface area contributed by atoms with E-state index in [0.717, 1.165) is 5.56 Å². The first kappa shape index (κ1) is 22.1. The second kappa shape index (κ2) is 9.49. The van der Waals surface area contributed by atoms with E-state index in [9.17, 15) is 13.2 Å². The molecule has 0 aliphatic carbocycles. The van der Waals surface area contributed by atoms with Crippen molar-refractivity contribution in [1.82, 2.24) is 9.21 Å². The Morgan fingerprint density at radius 1 is 1.00 bits per heavy atom. The molecule has 0 spiro atoms. The molecular weight excluding hydrogens is 404 g/mol. The average molecular weight is 433 g/mol. The third-order valence-electron chi connectivity index (χ3n) is 5.19. The van der Waals surface area contributed by atoms with E-state index in [1.54, 1.807) is 48.4 Å². The molecule has 1 heterocycles. The quantitative estimate of drug-likeness (QED) is 0.672. The molecule has 162 valence electrons. The van der Waals surface area contributed by atoms with E-state index >= 15 is 0 Å². The molecule has 2 aromatic carbocycles. The predicted octanol–water partition coefficient (Wildman–Crippen LogP) is 2.69. The maximum absolute atomic E-state index is 13.0. The number of hydrogen-bond donors (Lipinski definition) is 0. The summed E-state index contributed by atoms with van der Waals surface area (Å²) in [4.78, 5) is 14.9. The number of aryl methyl sites for hydroxylation is 1. The summed E-state index contributed by atoms with van der Waals surface area (Å²) in [6, 6.07) is 14.0. The minimum Gasteiger partial charge on any atom is -0.493 e. The highest BCUT2D eigenvalue weighted by Gasteiger charge is 2.33. The van der Waals surface area contributed by atoms with Crippen LogP contribution in [0.5, 0.6) is 11.5 Å². The van der Waals surface area contributed by atoms with Crippen LogP contribution in [-0.4, -0.2) is 62.9 Å². The van der Waals surface area contributed by atoms with Crippen molar-refractivity contribution in [2.75, 3.05) is 33.3 Å². The van der Waals surface area contributed by atoms with E-state index in [0.29, 0.717) is 31.0 Å². The minimum atomic E-state index is -3.56. The fourth-order valence-electron chi connectivity index (χ4n) is 3.39.